The summed E-state index contributed by atoms with van der Waals surface area (Å²) < 4.78 is 28.1. The van der Waals surface area contributed by atoms with Gasteiger partial charge in [0, 0.05) is 19.4 Å². The third-order valence-corrected chi connectivity index (χ3v) is 5.04. The SMILES string of the molecule is COCC(NN)C1CCCC(S(C)(=O)=O)C1. The lowest BCUT2D eigenvalue weighted by Gasteiger charge is -2.33. The van der Waals surface area contributed by atoms with Gasteiger partial charge in [-0.25, -0.2) is 8.42 Å². The molecule has 0 amide bonds. The third kappa shape index (κ3) is 3.69. The number of rotatable bonds is 5. The molecule has 0 saturated heterocycles. The summed E-state index contributed by atoms with van der Waals surface area (Å²) in [5, 5.41) is -0.209. The van der Waals surface area contributed by atoms with E-state index in [2.05, 4.69) is 5.43 Å². The van der Waals surface area contributed by atoms with Gasteiger partial charge >= 0.3 is 0 Å². The Balaban J connectivity index is 2.62. The number of nitrogens with one attached hydrogen (secondary N) is 1. The van der Waals surface area contributed by atoms with Gasteiger partial charge in [-0.3, -0.25) is 11.3 Å². The van der Waals surface area contributed by atoms with Crippen LogP contribution in [0.3, 0.4) is 0 Å². The molecule has 96 valence electrons. The van der Waals surface area contributed by atoms with E-state index < -0.39 is 9.84 Å². The van der Waals surface area contributed by atoms with Crippen molar-refractivity contribution >= 4 is 9.84 Å². The molecule has 1 rings (SSSR count). The molecule has 0 aromatic heterocycles. The van der Waals surface area contributed by atoms with Crippen LogP contribution in [-0.2, 0) is 14.6 Å². The number of hydrazine groups is 1. The van der Waals surface area contributed by atoms with Gasteiger partial charge < -0.3 is 4.74 Å². The molecular formula is C10H22N2O3S. The van der Waals surface area contributed by atoms with Crippen LogP contribution in [0.4, 0.5) is 0 Å². The fourth-order valence-electron chi connectivity index (χ4n) is 2.44. The van der Waals surface area contributed by atoms with Crippen molar-refractivity contribution in [2.45, 2.75) is 37.0 Å². The minimum absolute atomic E-state index is 0.0505. The fourth-order valence-corrected chi connectivity index (χ4v) is 3.63. The second-order valence-corrected chi connectivity index (χ2v) is 6.93. The van der Waals surface area contributed by atoms with Gasteiger partial charge in [-0.05, 0) is 25.2 Å². The normalized spacial score (nSPS) is 28.9. The zero-order valence-electron chi connectivity index (χ0n) is 9.98. The van der Waals surface area contributed by atoms with Crippen molar-refractivity contribution in [2.24, 2.45) is 11.8 Å². The van der Waals surface area contributed by atoms with Crippen molar-refractivity contribution < 1.29 is 13.2 Å². The average Bonchev–Trinajstić information content (AvgIpc) is 2.25. The Morgan fingerprint density at radius 2 is 2.19 bits per heavy atom. The molecular weight excluding hydrogens is 228 g/mol. The maximum atomic E-state index is 11.5. The van der Waals surface area contributed by atoms with Crippen LogP contribution in [0.25, 0.3) is 0 Å². The molecule has 3 N–H and O–H groups in total. The predicted molar refractivity (Wildman–Crippen MR) is 63.6 cm³/mol. The Morgan fingerprint density at radius 1 is 1.50 bits per heavy atom. The maximum absolute atomic E-state index is 11.5. The van der Waals surface area contributed by atoms with E-state index in [4.69, 9.17) is 10.6 Å². The Bertz CT molecular complexity index is 305. The van der Waals surface area contributed by atoms with Crippen molar-refractivity contribution in [3.05, 3.63) is 0 Å². The minimum Gasteiger partial charge on any atom is -0.383 e. The van der Waals surface area contributed by atoms with E-state index in [1.165, 1.54) is 6.26 Å². The zero-order chi connectivity index (χ0) is 12.2. The van der Waals surface area contributed by atoms with Gasteiger partial charge in [0.1, 0.15) is 9.84 Å². The summed E-state index contributed by atoms with van der Waals surface area (Å²) >= 11 is 0. The first-order valence-electron chi connectivity index (χ1n) is 5.63. The largest absolute Gasteiger partial charge is 0.383 e. The molecule has 0 spiro atoms. The molecule has 6 heteroatoms. The van der Waals surface area contributed by atoms with Crippen LogP contribution in [0.1, 0.15) is 25.7 Å². The van der Waals surface area contributed by atoms with Crippen LogP contribution < -0.4 is 11.3 Å². The summed E-state index contributed by atoms with van der Waals surface area (Å²) in [5.41, 5.74) is 2.72. The zero-order valence-corrected chi connectivity index (χ0v) is 10.8. The van der Waals surface area contributed by atoms with Crippen LogP contribution >= 0.6 is 0 Å². The molecule has 1 fully saturated rings. The van der Waals surface area contributed by atoms with Crippen LogP contribution in [-0.4, -0.2) is 39.7 Å². The van der Waals surface area contributed by atoms with E-state index in [0.717, 1.165) is 19.3 Å². The minimum atomic E-state index is -2.92. The van der Waals surface area contributed by atoms with Gasteiger partial charge in [0.25, 0.3) is 0 Å². The Hall–Kier alpha value is -0.170. The average molecular weight is 250 g/mol. The van der Waals surface area contributed by atoms with Crippen molar-refractivity contribution in [1.29, 1.82) is 0 Å². The first-order chi connectivity index (χ1) is 7.49. The molecule has 0 aromatic rings. The van der Waals surface area contributed by atoms with Crippen molar-refractivity contribution in [3.63, 3.8) is 0 Å². The van der Waals surface area contributed by atoms with E-state index in [1.54, 1.807) is 7.11 Å². The van der Waals surface area contributed by atoms with Crippen molar-refractivity contribution in [2.75, 3.05) is 20.0 Å². The Labute approximate surface area is 97.6 Å². The summed E-state index contributed by atoms with van der Waals surface area (Å²) in [6, 6.07) is 0.0505. The molecule has 0 aromatic carbocycles. The highest BCUT2D eigenvalue weighted by Gasteiger charge is 2.32. The number of hydrogen-bond acceptors (Lipinski definition) is 5. The maximum Gasteiger partial charge on any atom is 0.150 e. The molecule has 0 aliphatic heterocycles. The second kappa shape index (κ2) is 5.95. The number of hydrogen-bond donors (Lipinski definition) is 2. The predicted octanol–water partition coefficient (Wildman–Crippen LogP) is 0.0681. The third-order valence-electron chi connectivity index (χ3n) is 3.40. The molecule has 1 saturated carbocycles. The van der Waals surface area contributed by atoms with Crippen LogP contribution in [0, 0.1) is 5.92 Å². The van der Waals surface area contributed by atoms with E-state index >= 15 is 0 Å². The first-order valence-corrected chi connectivity index (χ1v) is 7.58. The molecule has 0 radical (unpaired) electrons. The summed E-state index contributed by atoms with van der Waals surface area (Å²) in [4.78, 5) is 0. The highest BCUT2D eigenvalue weighted by atomic mass is 32.2. The molecule has 0 bridgehead atoms. The van der Waals surface area contributed by atoms with Gasteiger partial charge in [-0.1, -0.05) is 6.42 Å². The number of nitrogens with two attached hydrogens (primary N) is 1. The van der Waals surface area contributed by atoms with Gasteiger partial charge in [0.05, 0.1) is 11.9 Å². The van der Waals surface area contributed by atoms with Crippen LogP contribution in [0.2, 0.25) is 0 Å². The molecule has 1 aliphatic rings. The Kier molecular flexibility index (Phi) is 5.17. The lowest BCUT2D eigenvalue weighted by Crippen LogP contribution is -2.46. The summed E-state index contributed by atoms with van der Waals surface area (Å²) in [7, 11) is -1.30. The molecule has 3 atom stereocenters. The summed E-state index contributed by atoms with van der Waals surface area (Å²) in [6.45, 7) is 0.525. The lowest BCUT2D eigenvalue weighted by molar-refractivity contribution is 0.126. The van der Waals surface area contributed by atoms with E-state index in [9.17, 15) is 8.42 Å². The molecule has 3 unspecified atom stereocenters. The summed E-state index contributed by atoms with van der Waals surface area (Å²) in [6.07, 6.45) is 4.76. The fraction of sp³-hybridized carbons (Fsp3) is 1.00. The highest BCUT2D eigenvalue weighted by Crippen LogP contribution is 2.30. The highest BCUT2D eigenvalue weighted by molar-refractivity contribution is 7.91. The van der Waals surface area contributed by atoms with Gasteiger partial charge in [0.2, 0.25) is 0 Å². The smallest absolute Gasteiger partial charge is 0.150 e. The van der Waals surface area contributed by atoms with E-state index in [1.807, 2.05) is 0 Å². The molecule has 5 nitrogen and oxygen atoms in total. The van der Waals surface area contributed by atoms with E-state index in [0.29, 0.717) is 18.9 Å². The van der Waals surface area contributed by atoms with Gasteiger partial charge in [-0.15, -0.1) is 0 Å². The topological polar surface area (TPSA) is 81.4 Å². The van der Waals surface area contributed by atoms with Crippen molar-refractivity contribution in [3.8, 4) is 0 Å². The Morgan fingerprint density at radius 3 is 2.69 bits per heavy atom. The van der Waals surface area contributed by atoms with E-state index in [-0.39, 0.29) is 11.3 Å². The monoisotopic (exact) mass is 250 g/mol. The molecule has 0 heterocycles. The quantitative estimate of drug-likeness (QED) is 0.533. The number of methoxy groups -OCH3 is 1. The van der Waals surface area contributed by atoms with Crippen molar-refractivity contribution in [1.82, 2.24) is 5.43 Å². The van der Waals surface area contributed by atoms with Gasteiger partial charge in [0.15, 0.2) is 0 Å². The summed E-state index contributed by atoms with van der Waals surface area (Å²) in [5.74, 6) is 5.75. The number of ether oxygens (including phenoxy) is 1. The lowest BCUT2D eigenvalue weighted by atomic mass is 9.84. The van der Waals surface area contributed by atoms with Gasteiger partial charge in [-0.2, -0.15) is 0 Å². The molecule has 1 aliphatic carbocycles. The van der Waals surface area contributed by atoms with Crippen LogP contribution in [0.15, 0.2) is 0 Å². The second-order valence-electron chi connectivity index (χ2n) is 4.61. The van der Waals surface area contributed by atoms with Crippen LogP contribution in [0.5, 0.6) is 0 Å². The standard InChI is InChI=1S/C10H22N2O3S/c1-15-7-10(12-11)8-4-3-5-9(6-8)16(2,13)14/h8-10,12H,3-7,11H2,1-2H3. The molecule has 16 heavy (non-hydrogen) atoms. The number of sulfone groups is 1. The first kappa shape index (κ1) is 13.9.